The number of para-hydroxylation sites is 1. The van der Waals surface area contributed by atoms with E-state index in [1.165, 1.54) is 0 Å². The highest BCUT2D eigenvalue weighted by atomic mass is 16.1. The van der Waals surface area contributed by atoms with Crippen LogP contribution in [-0.2, 0) is 0 Å². The van der Waals surface area contributed by atoms with Gasteiger partial charge in [-0.15, -0.1) is 0 Å². The molecular formula is C16H13N3O. The zero-order valence-corrected chi connectivity index (χ0v) is 11.0. The predicted octanol–water partition coefficient (Wildman–Crippen LogP) is 2.81. The van der Waals surface area contributed by atoms with Crippen LogP contribution in [0.15, 0.2) is 61.1 Å². The van der Waals surface area contributed by atoms with Gasteiger partial charge in [0.2, 0.25) is 5.78 Å². The summed E-state index contributed by atoms with van der Waals surface area (Å²) in [7, 11) is 0. The van der Waals surface area contributed by atoms with E-state index in [4.69, 9.17) is 0 Å². The zero-order chi connectivity index (χ0) is 13.9. The average molecular weight is 263 g/mol. The lowest BCUT2D eigenvalue weighted by Crippen LogP contribution is -2.05. The molecule has 0 N–H and O–H groups in total. The molecular weight excluding hydrogens is 250 g/mol. The molecule has 2 heterocycles. The molecule has 0 bridgehead atoms. The first-order chi connectivity index (χ1) is 9.74. The number of carbonyl (C=O) groups is 1. The molecule has 0 saturated heterocycles. The van der Waals surface area contributed by atoms with Gasteiger partial charge in [0.15, 0.2) is 0 Å². The molecule has 98 valence electrons. The van der Waals surface area contributed by atoms with Crippen molar-refractivity contribution < 1.29 is 4.79 Å². The van der Waals surface area contributed by atoms with Crippen LogP contribution in [-0.4, -0.2) is 20.5 Å². The quantitative estimate of drug-likeness (QED) is 0.683. The Balaban J connectivity index is 1.93. The van der Waals surface area contributed by atoms with Crippen molar-refractivity contribution in [2.75, 3.05) is 0 Å². The number of rotatable bonds is 3. The molecule has 4 heteroatoms. The fourth-order valence-corrected chi connectivity index (χ4v) is 2.00. The van der Waals surface area contributed by atoms with Gasteiger partial charge in [0.05, 0.1) is 5.69 Å². The Morgan fingerprint density at radius 3 is 2.65 bits per heavy atom. The summed E-state index contributed by atoms with van der Waals surface area (Å²) in [5.74, 6) is -0.115. The monoisotopic (exact) mass is 263 g/mol. The van der Waals surface area contributed by atoms with Gasteiger partial charge in [-0.1, -0.05) is 18.2 Å². The summed E-state index contributed by atoms with van der Waals surface area (Å²) in [6.45, 7) is 1.91. The molecule has 4 nitrogen and oxygen atoms in total. The van der Waals surface area contributed by atoms with Gasteiger partial charge in [-0.3, -0.25) is 9.78 Å². The van der Waals surface area contributed by atoms with Gasteiger partial charge in [0, 0.05) is 24.2 Å². The summed E-state index contributed by atoms with van der Waals surface area (Å²) in [6.07, 6.45) is 5.07. The molecule has 0 aliphatic heterocycles. The molecule has 0 saturated carbocycles. The van der Waals surface area contributed by atoms with Crippen molar-refractivity contribution in [3.8, 4) is 5.69 Å². The minimum atomic E-state index is -0.115. The molecule has 0 unspecified atom stereocenters. The number of aromatic nitrogens is 3. The summed E-state index contributed by atoms with van der Waals surface area (Å²) >= 11 is 0. The lowest BCUT2D eigenvalue weighted by molar-refractivity contribution is 0.103. The van der Waals surface area contributed by atoms with Gasteiger partial charge < -0.3 is 0 Å². The van der Waals surface area contributed by atoms with E-state index in [2.05, 4.69) is 10.1 Å². The predicted molar refractivity (Wildman–Crippen MR) is 76.0 cm³/mol. The maximum atomic E-state index is 12.3. The van der Waals surface area contributed by atoms with E-state index in [9.17, 15) is 4.79 Å². The molecule has 2 aromatic heterocycles. The third-order valence-corrected chi connectivity index (χ3v) is 2.98. The number of pyridine rings is 1. The Morgan fingerprint density at radius 2 is 1.90 bits per heavy atom. The number of hydrogen-bond donors (Lipinski definition) is 0. The van der Waals surface area contributed by atoms with Crippen LogP contribution in [0.25, 0.3) is 5.69 Å². The molecule has 0 spiro atoms. The Hall–Kier alpha value is -2.75. The van der Waals surface area contributed by atoms with E-state index < -0.39 is 0 Å². The van der Waals surface area contributed by atoms with Crippen molar-refractivity contribution in [1.82, 2.24) is 14.8 Å². The van der Waals surface area contributed by atoms with Crippen molar-refractivity contribution >= 4 is 5.78 Å². The molecule has 0 aliphatic carbocycles. The van der Waals surface area contributed by atoms with Gasteiger partial charge in [-0.2, -0.15) is 5.10 Å². The summed E-state index contributed by atoms with van der Waals surface area (Å²) in [4.78, 5) is 16.4. The third kappa shape index (κ3) is 2.36. The van der Waals surface area contributed by atoms with E-state index in [0.29, 0.717) is 11.3 Å². The largest absolute Gasteiger partial charge is 0.287 e. The topological polar surface area (TPSA) is 47.8 Å². The zero-order valence-electron chi connectivity index (χ0n) is 11.0. The first kappa shape index (κ1) is 12.3. The maximum Gasteiger partial charge on any atom is 0.214 e. The van der Waals surface area contributed by atoms with E-state index in [1.54, 1.807) is 29.3 Å². The van der Waals surface area contributed by atoms with Crippen molar-refractivity contribution in [3.05, 3.63) is 77.9 Å². The van der Waals surface area contributed by atoms with E-state index >= 15 is 0 Å². The highest BCUT2D eigenvalue weighted by molar-refractivity contribution is 6.07. The van der Waals surface area contributed by atoms with Crippen LogP contribution in [0, 0.1) is 6.92 Å². The summed E-state index contributed by atoms with van der Waals surface area (Å²) in [6, 6.07) is 13.2. The Bertz CT molecular complexity index is 747. The van der Waals surface area contributed by atoms with Gasteiger partial charge in [0.25, 0.3) is 0 Å². The number of carbonyl (C=O) groups excluding carboxylic acids is 1. The van der Waals surface area contributed by atoms with E-state index in [-0.39, 0.29) is 5.78 Å². The summed E-state index contributed by atoms with van der Waals surface area (Å²) in [5, 5.41) is 4.33. The van der Waals surface area contributed by atoms with Gasteiger partial charge in [-0.25, -0.2) is 4.68 Å². The Kier molecular flexibility index (Phi) is 3.13. The fraction of sp³-hybridized carbons (Fsp3) is 0.0625. The molecule has 0 aliphatic rings. The first-order valence-corrected chi connectivity index (χ1v) is 6.31. The number of ketones is 1. The highest BCUT2D eigenvalue weighted by Crippen LogP contribution is 2.11. The number of hydrogen-bond acceptors (Lipinski definition) is 3. The molecule has 1 aromatic carbocycles. The van der Waals surface area contributed by atoms with Crippen LogP contribution >= 0.6 is 0 Å². The maximum absolute atomic E-state index is 12.3. The van der Waals surface area contributed by atoms with E-state index in [1.807, 2.05) is 43.3 Å². The average Bonchev–Trinajstić information content (AvgIpc) is 2.97. The molecule has 3 rings (SSSR count). The third-order valence-electron chi connectivity index (χ3n) is 2.98. The van der Waals surface area contributed by atoms with Crippen LogP contribution in [0.2, 0.25) is 0 Å². The van der Waals surface area contributed by atoms with Crippen molar-refractivity contribution in [2.45, 2.75) is 6.92 Å². The van der Waals surface area contributed by atoms with Crippen LogP contribution in [0.4, 0.5) is 0 Å². The van der Waals surface area contributed by atoms with E-state index in [0.717, 1.165) is 11.3 Å². The molecule has 0 atom stereocenters. The molecule has 0 amide bonds. The van der Waals surface area contributed by atoms with Gasteiger partial charge >= 0.3 is 0 Å². The minimum Gasteiger partial charge on any atom is -0.287 e. The summed E-state index contributed by atoms with van der Waals surface area (Å²) in [5.41, 5.74) is 2.86. The van der Waals surface area contributed by atoms with Crippen molar-refractivity contribution in [3.63, 3.8) is 0 Å². The Labute approximate surface area is 116 Å². The van der Waals surface area contributed by atoms with Crippen LogP contribution in [0.3, 0.4) is 0 Å². The minimum absolute atomic E-state index is 0.115. The molecule has 20 heavy (non-hydrogen) atoms. The highest BCUT2D eigenvalue weighted by Gasteiger charge is 2.13. The smallest absolute Gasteiger partial charge is 0.214 e. The van der Waals surface area contributed by atoms with Crippen molar-refractivity contribution in [1.29, 1.82) is 0 Å². The molecule has 0 radical (unpaired) electrons. The Morgan fingerprint density at radius 1 is 1.10 bits per heavy atom. The number of nitrogens with zero attached hydrogens (tertiary/aromatic N) is 3. The lowest BCUT2D eigenvalue weighted by atomic mass is 10.1. The second kappa shape index (κ2) is 5.09. The van der Waals surface area contributed by atoms with Crippen LogP contribution in [0.1, 0.15) is 21.6 Å². The number of benzene rings is 1. The van der Waals surface area contributed by atoms with Crippen molar-refractivity contribution in [2.24, 2.45) is 0 Å². The van der Waals surface area contributed by atoms with Gasteiger partial charge in [0.1, 0.15) is 5.69 Å². The molecule has 0 fully saturated rings. The lowest BCUT2D eigenvalue weighted by Gasteiger charge is -2.00. The van der Waals surface area contributed by atoms with Gasteiger partial charge in [-0.05, 0) is 36.8 Å². The molecule has 3 aromatic rings. The normalized spacial score (nSPS) is 10.4. The standard InChI is InChI=1S/C16H13N3O/c1-12-9-13(11-17-10-12)16(20)15-7-8-19(18-15)14-5-3-2-4-6-14/h2-11H,1H3. The van der Waals surface area contributed by atoms with Crippen LogP contribution in [0.5, 0.6) is 0 Å². The SMILES string of the molecule is Cc1cncc(C(=O)c2ccn(-c3ccccc3)n2)c1. The fourth-order valence-electron chi connectivity index (χ4n) is 2.00. The summed E-state index contributed by atoms with van der Waals surface area (Å²) < 4.78 is 1.69. The number of aryl methyl sites for hydroxylation is 1. The van der Waals surface area contributed by atoms with Crippen LogP contribution < -0.4 is 0 Å². The first-order valence-electron chi connectivity index (χ1n) is 6.31. The second-order valence-corrected chi connectivity index (χ2v) is 4.56. The second-order valence-electron chi connectivity index (χ2n) is 4.56.